The Hall–Kier alpha value is -5.58. The van der Waals surface area contributed by atoms with Crippen molar-refractivity contribution in [1.29, 1.82) is 0 Å². The zero-order valence-corrected chi connectivity index (χ0v) is 36.4. The van der Waals surface area contributed by atoms with Gasteiger partial charge < -0.3 is 19.7 Å². The molecule has 0 radical (unpaired) electrons. The summed E-state index contributed by atoms with van der Waals surface area (Å²) >= 11 is 0. The van der Waals surface area contributed by atoms with Crippen LogP contribution in [0.15, 0.2) is 121 Å². The fourth-order valence-electron chi connectivity index (χ4n) is 2.25. The minimum atomic E-state index is -0.933. The van der Waals surface area contributed by atoms with Crippen molar-refractivity contribution in [1.82, 2.24) is 0 Å². The number of aliphatic carboxylic acids is 2. The number of carbonyl (C=O) groups is 6. The van der Waals surface area contributed by atoms with Gasteiger partial charge in [0.25, 0.3) is 5.97 Å². The molecule has 4 aromatic carbocycles. The summed E-state index contributed by atoms with van der Waals surface area (Å²) in [4.78, 5) is 58.5. The van der Waals surface area contributed by atoms with E-state index in [4.69, 9.17) is 15.0 Å². The highest BCUT2D eigenvalue weighted by molar-refractivity contribution is 5.75. The molecule has 0 atom stereocenters. The molecule has 0 aromatic heterocycles. The third-order valence-corrected chi connectivity index (χ3v) is 4.30. The molecule has 0 saturated carbocycles. The van der Waals surface area contributed by atoms with Gasteiger partial charge in [0.1, 0.15) is 31.8 Å². The van der Waals surface area contributed by atoms with Crippen molar-refractivity contribution < 1.29 is 48.5 Å². The van der Waals surface area contributed by atoms with Crippen LogP contribution in [0, 0.1) is 0 Å². The van der Waals surface area contributed by atoms with Crippen LogP contribution in [0.5, 0.6) is 0 Å². The highest BCUT2D eigenvalue weighted by atomic mass is 16.5. The molecule has 0 aliphatic rings. The van der Waals surface area contributed by atoms with E-state index >= 15 is 0 Å². The lowest BCUT2D eigenvalue weighted by molar-refractivity contribution is -0.141. The lowest BCUT2D eigenvalue weighted by atomic mass is 10.2. The van der Waals surface area contributed by atoms with Crippen LogP contribution in [0.3, 0.4) is 0 Å². The number of ether oxygens (including phenoxy) is 2. The number of methoxy groups -OCH3 is 2. The van der Waals surface area contributed by atoms with E-state index in [0.29, 0.717) is 0 Å². The lowest BCUT2D eigenvalue weighted by Gasteiger charge is -1.83. The van der Waals surface area contributed by atoms with Crippen LogP contribution in [0.4, 0.5) is 0 Å². The molecule has 2 N–H and O–H groups in total. The Bertz CT molecular complexity index is 1110. The molecule has 10 nitrogen and oxygen atoms in total. The van der Waals surface area contributed by atoms with Crippen molar-refractivity contribution in [3.05, 3.63) is 144 Å². The molecule has 0 amide bonds. The molecule has 4 aromatic rings. The summed E-state index contributed by atoms with van der Waals surface area (Å²) in [5.74, 6) is -1.77. The van der Waals surface area contributed by atoms with Gasteiger partial charge in [-0.1, -0.05) is 220 Å². The quantitative estimate of drug-likeness (QED) is 0.171. The van der Waals surface area contributed by atoms with Crippen LogP contribution in [0.25, 0.3) is 0 Å². The Labute approximate surface area is 368 Å². The highest BCUT2D eigenvalue weighted by Crippen LogP contribution is 1.93. The molecule has 348 valence electrons. The lowest BCUT2D eigenvalue weighted by Crippen LogP contribution is -2.02. The standard InChI is InChI=1S/4C7H6O.C3H6O3.C3H8O.C2H4O2.5C2H6.4CH4/c4*8-6-7-4-2-1-3-5-7;1-6-2-3(4)5;1-3-4-2;1-2(3)4;5*1-2;;;;/h4*1-6H;2H2,1H3,(H,4,5);3H2,1-2H3;1H3,(H,3,4);5*1-2H3;4*1H4. The SMILES string of the molecule is C.C.C.C.CC.CC.CC.CC.CC.CC(=O)O.CCOC.COCC(=O)O.O=Cc1ccccc1.O=Cc1ccccc1.O=Cc1ccccc1.O=Cc1ccccc1. The van der Waals surface area contributed by atoms with Gasteiger partial charge in [0.15, 0.2) is 0 Å². The van der Waals surface area contributed by atoms with Gasteiger partial charge in [0.2, 0.25) is 0 Å². The fourth-order valence-corrected chi connectivity index (χ4v) is 2.25. The van der Waals surface area contributed by atoms with Crippen LogP contribution in [0.2, 0.25) is 0 Å². The number of carbonyl (C=O) groups excluding carboxylic acids is 4. The Morgan fingerprint density at radius 3 is 0.633 bits per heavy atom. The molecule has 0 unspecified atom stereocenters. The van der Waals surface area contributed by atoms with E-state index in [2.05, 4.69) is 9.47 Å². The average molecular weight is 849 g/mol. The second kappa shape index (κ2) is 89.8. The van der Waals surface area contributed by atoms with Gasteiger partial charge in [-0.05, 0) is 6.92 Å². The van der Waals surface area contributed by atoms with E-state index in [-0.39, 0.29) is 36.3 Å². The molecule has 0 spiro atoms. The van der Waals surface area contributed by atoms with Gasteiger partial charge >= 0.3 is 5.97 Å². The third kappa shape index (κ3) is 93.9. The van der Waals surface area contributed by atoms with Gasteiger partial charge in [-0.25, -0.2) is 4.79 Å². The first kappa shape index (κ1) is 86.3. The summed E-state index contributed by atoms with van der Waals surface area (Å²) < 4.78 is 8.75. The largest absolute Gasteiger partial charge is 0.481 e. The summed E-state index contributed by atoms with van der Waals surface area (Å²) in [6.45, 7) is 23.7. The first-order valence-corrected chi connectivity index (χ1v) is 18.6. The summed E-state index contributed by atoms with van der Waals surface area (Å²) in [6.07, 6.45) is 3.33. The summed E-state index contributed by atoms with van der Waals surface area (Å²) in [5, 5.41) is 15.2. The summed E-state index contributed by atoms with van der Waals surface area (Å²) in [5.41, 5.74) is 2.92. The molecule has 10 heteroatoms. The molecule has 60 heavy (non-hydrogen) atoms. The third-order valence-electron chi connectivity index (χ3n) is 4.30. The van der Waals surface area contributed by atoms with Crippen LogP contribution >= 0.6 is 0 Å². The Morgan fingerprint density at radius 1 is 0.433 bits per heavy atom. The molecule has 0 aliphatic carbocycles. The van der Waals surface area contributed by atoms with Crippen molar-refractivity contribution in [3.63, 3.8) is 0 Å². The minimum absolute atomic E-state index is 0. The smallest absolute Gasteiger partial charge is 0.329 e. The molecule has 0 fully saturated rings. The molecule has 0 saturated heterocycles. The predicted octanol–water partition coefficient (Wildman–Crippen LogP) is 14.1. The first-order chi connectivity index (χ1) is 27.1. The molecular weight excluding hydrogens is 761 g/mol. The van der Waals surface area contributed by atoms with E-state index in [1.807, 2.05) is 149 Å². The van der Waals surface area contributed by atoms with Gasteiger partial charge in [0, 0.05) is 50.0 Å². The topological polar surface area (TPSA) is 161 Å². The number of hydrogen-bond donors (Lipinski definition) is 2. The number of hydrogen-bond acceptors (Lipinski definition) is 8. The van der Waals surface area contributed by atoms with Crippen LogP contribution in [-0.4, -0.2) is 74.7 Å². The molecule has 0 aliphatic heterocycles. The van der Waals surface area contributed by atoms with Crippen molar-refractivity contribution in [3.8, 4) is 0 Å². The predicted molar refractivity (Wildman–Crippen MR) is 261 cm³/mol. The van der Waals surface area contributed by atoms with Gasteiger partial charge in [-0.15, -0.1) is 0 Å². The van der Waals surface area contributed by atoms with Crippen molar-refractivity contribution in [2.45, 2.75) is 113 Å². The monoisotopic (exact) mass is 849 g/mol. The Kier molecular flexibility index (Phi) is 129. The van der Waals surface area contributed by atoms with Gasteiger partial charge in [0.05, 0.1) is 0 Å². The average Bonchev–Trinajstić information content (AvgIpc) is 3.29. The number of rotatable bonds is 7. The van der Waals surface area contributed by atoms with E-state index in [0.717, 1.165) is 60.9 Å². The normalized spacial score (nSPS) is 6.77. The Balaban J connectivity index is -0.0000000433. The number of carboxylic acid groups (broad SMARTS) is 2. The zero-order chi connectivity index (χ0) is 45.3. The zero-order valence-electron chi connectivity index (χ0n) is 36.4. The summed E-state index contributed by atoms with van der Waals surface area (Å²) in [6, 6.07) is 36.4. The van der Waals surface area contributed by atoms with Crippen molar-refractivity contribution in [2.75, 3.05) is 27.4 Å². The summed E-state index contributed by atoms with van der Waals surface area (Å²) in [7, 11) is 3.02. The van der Waals surface area contributed by atoms with Crippen molar-refractivity contribution in [2.24, 2.45) is 0 Å². The van der Waals surface area contributed by atoms with Crippen molar-refractivity contribution >= 4 is 37.1 Å². The molecule has 0 bridgehead atoms. The highest BCUT2D eigenvalue weighted by Gasteiger charge is 1.87. The van der Waals surface area contributed by atoms with E-state index in [9.17, 15) is 24.0 Å². The molecule has 0 heterocycles. The molecular formula is C50H88O10. The van der Waals surface area contributed by atoms with Crippen LogP contribution in [-0.2, 0) is 19.1 Å². The number of benzene rings is 4. The number of carboxylic acids is 2. The van der Waals surface area contributed by atoms with Gasteiger partial charge in [-0.3, -0.25) is 24.0 Å². The van der Waals surface area contributed by atoms with E-state index in [1.54, 1.807) is 55.6 Å². The maximum absolute atomic E-state index is 10.0. The minimum Gasteiger partial charge on any atom is -0.481 e. The van der Waals surface area contributed by atoms with E-state index < -0.39 is 11.9 Å². The second-order valence-electron chi connectivity index (χ2n) is 8.04. The molecule has 4 rings (SSSR count). The first-order valence-electron chi connectivity index (χ1n) is 18.6. The Morgan fingerprint density at radius 2 is 0.583 bits per heavy atom. The van der Waals surface area contributed by atoms with Crippen LogP contribution in [0.1, 0.15) is 154 Å². The van der Waals surface area contributed by atoms with Crippen LogP contribution < -0.4 is 0 Å². The maximum Gasteiger partial charge on any atom is 0.329 e. The maximum atomic E-state index is 10.0. The van der Waals surface area contributed by atoms with Gasteiger partial charge in [-0.2, -0.15) is 0 Å². The number of aldehydes is 4. The fraction of sp³-hybridized carbons (Fsp3) is 0.400. The second-order valence-corrected chi connectivity index (χ2v) is 8.04. The van der Waals surface area contributed by atoms with E-state index in [1.165, 1.54) is 7.11 Å².